The Morgan fingerprint density at radius 2 is 1.96 bits per heavy atom. The molecule has 1 amide bonds. The molecule has 0 bridgehead atoms. The lowest BCUT2D eigenvalue weighted by molar-refractivity contribution is -0.111. The Bertz CT molecular complexity index is 948. The van der Waals surface area contributed by atoms with E-state index in [-0.39, 0.29) is 5.91 Å². The van der Waals surface area contributed by atoms with Crippen LogP contribution in [-0.2, 0) is 4.79 Å². The van der Waals surface area contributed by atoms with E-state index in [0.29, 0.717) is 11.7 Å². The molecule has 0 fully saturated rings. The Kier molecular flexibility index (Phi) is 6.81. The zero-order valence-corrected chi connectivity index (χ0v) is 16.7. The topological polar surface area (TPSA) is 60.5 Å². The highest BCUT2D eigenvalue weighted by molar-refractivity contribution is 7.14. The Morgan fingerprint density at radius 1 is 1.18 bits per heavy atom. The summed E-state index contributed by atoms with van der Waals surface area (Å²) < 4.78 is 10.9. The maximum absolute atomic E-state index is 12.2. The minimum absolute atomic E-state index is 0.241. The van der Waals surface area contributed by atoms with Crippen LogP contribution in [0.25, 0.3) is 17.3 Å². The molecule has 0 saturated carbocycles. The van der Waals surface area contributed by atoms with Crippen LogP contribution in [0.2, 0.25) is 0 Å². The minimum atomic E-state index is -0.241. The first-order chi connectivity index (χ1) is 13.7. The quantitative estimate of drug-likeness (QED) is 0.530. The molecule has 6 heteroatoms. The van der Waals surface area contributed by atoms with Crippen molar-refractivity contribution < 1.29 is 14.3 Å². The molecule has 0 radical (unpaired) electrons. The number of rotatable bonds is 8. The largest absolute Gasteiger partial charge is 0.496 e. The summed E-state index contributed by atoms with van der Waals surface area (Å²) in [5.74, 6) is 1.32. The van der Waals surface area contributed by atoms with Gasteiger partial charge < -0.3 is 9.47 Å². The van der Waals surface area contributed by atoms with Gasteiger partial charge in [0.15, 0.2) is 5.13 Å². The van der Waals surface area contributed by atoms with Gasteiger partial charge >= 0.3 is 0 Å². The van der Waals surface area contributed by atoms with Crippen molar-refractivity contribution in [1.82, 2.24) is 4.98 Å². The van der Waals surface area contributed by atoms with Gasteiger partial charge in [0, 0.05) is 22.6 Å². The summed E-state index contributed by atoms with van der Waals surface area (Å²) in [7, 11) is 1.60. The van der Waals surface area contributed by atoms with Crippen molar-refractivity contribution >= 4 is 28.5 Å². The number of hydrogen-bond donors (Lipinski definition) is 1. The second-order valence-corrected chi connectivity index (χ2v) is 6.83. The molecule has 0 unspecified atom stereocenters. The average Bonchev–Trinajstić information content (AvgIpc) is 3.19. The number of nitrogens with one attached hydrogen (secondary N) is 1. The first kappa shape index (κ1) is 19.6. The van der Waals surface area contributed by atoms with Crippen molar-refractivity contribution in [1.29, 1.82) is 0 Å². The molecule has 0 saturated heterocycles. The van der Waals surface area contributed by atoms with Crippen LogP contribution in [0.3, 0.4) is 0 Å². The van der Waals surface area contributed by atoms with Crippen LogP contribution < -0.4 is 14.8 Å². The van der Waals surface area contributed by atoms with E-state index in [9.17, 15) is 4.79 Å². The van der Waals surface area contributed by atoms with Crippen LogP contribution in [0.15, 0.2) is 60.0 Å². The predicted molar refractivity (Wildman–Crippen MR) is 114 cm³/mol. The fraction of sp³-hybridized carbons (Fsp3) is 0.182. The molecule has 0 spiro atoms. The number of carbonyl (C=O) groups is 1. The van der Waals surface area contributed by atoms with E-state index in [1.54, 1.807) is 13.2 Å². The summed E-state index contributed by atoms with van der Waals surface area (Å²) in [5.41, 5.74) is 2.63. The van der Waals surface area contributed by atoms with Crippen molar-refractivity contribution in [3.05, 3.63) is 65.6 Å². The molecule has 0 aliphatic rings. The minimum Gasteiger partial charge on any atom is -0.496 e. The van der Waals surface area contributed by atoms with E-state index in [1.165, 1.54) is 17.4 Å². The summed E-state index contributed by atoms with van der Waals surface area (Å²) in [6.45, 7) is 2.78. The number of nitrogens with zero attached hydrogens (tertiary/aromatic N) is 1. The Morgan fingerprint density at radius 3 is 2.71 bits per heavy atom. The molecule has 0 aliphatic carbocycles. The zero-order valence-electron chi connectivity index (χ0n) is 15.8. The molecule has 3 aromatic rings. The van der Waals surface area contributed by atoms with Gasteiger partial charge in [-0.25, -0.2) is 4.98 Å². The van der Waals surface area contributed by atoms with E-state index in [4.69, 9.17) is 9.47 Å². The van der Waals surface area contributed by atoms with Crippen LogP contribution in [-0.4, -0.2) is 24.6 Å². The van der Waals surface area contributed by atoms with E-state index in [0.717, 1.165) is 34.7 Å². The van der Waals surface area contributed by atoms with Gasteiger partial charge in [-0.3, -0.25) is 10.1 Å². The number of thiazole rings is 1. The van der Waals surface area contributed by atoms with Gasteiger partial charge in [0.05, 0.1) is 19.4 Å². The summed E-state index contributed by atoms with van der Waals surface area (Å²) in [6.07, 6.45) is 4.17. The van der Waals surface area contributed by atoms with Crippen molar-refractivity contribution in [3.8, 4) is 22.8 Å². The first-order valence-electron chi connectivity index (χ1n) is 9.00. The second-order valence-electron chi connectivity index (χ2n) is 5.98. The fourth-order valence-corrected chi connectivity index (χ4v) is 3.24. The SMILES string of the molecule is CCCOc1ccc(-c2csc(NC(=O)C=Cc3ccccc3OC)n2)cc1. The number of hydrogen-bond acceptors (Lipinski definition) is 5. The highest BCUT2D eigenvalue weighted by atomic mass is 32.1. The number of ether oxygens (including phenoxy) is 2. The summed E-state index contributed by atoms with van der Waals surface area (Å²) in [5, 5.41) is 5.27. The van der Waals surface area contributed by atoms with Crippen molar-refractivity contribution in [3.63, 3.8) is 0 Å². The molecular weight excluding hydrogens is 372 g/mol. The lowest BCUT2D eigenvalue weighted by Crippen LogP contribution is -2.07. The molecule has 5 nitrogen and oxygen atoms in total. The average molecular weight is 394 g/mol. The third-order valence-electron chi connectivity index (χ3n) is 3.91. The molecule has 28 heavy (non-hydrogen) atoms. The molecule has 2 aromatic carbocycles. The molecular formula is C22H22N2O3S. The number of amides is 1. The van der Waals surface area contributed by atoms with Crippen molar-refractivity contribution in [2.24, 2.45) is 0 Å². The van der Waals surface area contributed by atoms with Crippen LogP contribution in [0.5, 0.6) is 11.5 Å². The van der Waals surface area contributed by atoms with E-state index < -0.39 is 0 Å². The molecule has 1 N–H and O–H groups in total. The molecule has 144 valence electrons. The third-order valence-corrected chi connectivity index (χ3v) is 4.67. The second kappa shape index (κ2) is 9.71. The van der Waals surface area contributed by atoms with Gasteiger partial charge in [-0.2, -0.15) is 0 Å². The summed E-state index contributed by atoms with van der Waals surface area (Å²) >= 11 is 1.39. The summed E-state index contributed by atoms with van der Waals surface area (Å²) in [6, 6.07) is 15.3. The van der Waals surface area contributed by atoms with Gasteiger partial charge in [-0.05, 0) is 42.8 Å². The van der Waals surface area contributed by atoms with Crippen molar-refractivity contribution in [2.45, 2.75) is 13.3 Å². The fourth-order valence-electron chi connectivity index (χ4n) is 2.52. The van der Waals surface area contributed by atoms with Crippen LogP contribution in [0.4, 0.5) is 5.13 Å². The normalized spacial score (nSPS) is 10.8. The Balaban J connectivity index is 1.62. The zero-order chi connectivity index (χ0) is 19.8. The highest BCUT2D eigenvalue weighted by Gasteiger charge is 2.07. The van der Waals surface area contributed by atoms with Gasteiger partial charge in [0.25, 0.3) is 0 Å². The van der Waals surface area contributed by atoms with Gasteiger partial charge in [-0.15, -0.1) is 11.3 Å². The number of methoxy groups -OCH3 is 1. The Hall–Kier alpha value is -3.12. The number of carbonyl (C=O) groups excluding carboxylic acids is 1. The van der Waals surface area contributed by atoms with Gasteiger partial charge in [-0.1, -0.05) is 25.1 Å². The lowest BCUT2D eigenvalue weighted by atomic mass is 10.2. The molecule has 3 rings (SSSR count). The first-order valence-corrected chi connectivity index (χ1v) is 9.88. The number of benzene rings is 2. The van der Waals surface area contributed by atoms with Crippen molar-refractivity contribution in [2.75, 3.05) is 19.0 Å². The predicted octanol–water partition coefficient (Wildman–Crippen LogP) is 5.26. The Labute approximate surface area is 168 Å². The maximum atomic E-state index is 12.2. The van der Waals surface area contributed by atoms with E-state index in [2.05, 4.69) is 17.2 Å². The van der Waals surface area contributed by atoms with Gasteiger partial charge in [0.2, 0.25) is 5.91 Å². The smallest absolute Gasteiger partial charge is 0.250 e. The standard InChI is InChI=1S/C22H22N2O3S/c1-3-14-27-18-11-8-16(9-12-18)19-15-28-22(23-19)24-21(25)13-10-17-6-4-5-7-20(17)26-2/h4-13,15H,3,14H2,1-2H3,(H,23,24,25). The van der Waals surface area contributed by atoms with Crippen LogP contribution in [0.1, 0.15) is 18.9 Å². The number of aromatic nitrogens is 1. The van der Waals surface area contributed by atoms with E-state index in [1.807, 2.05) is 53.9 Å². The van der Waals surface area contributed by atoms with Crippen LogP contribution >= 0.6 is 11.3 Å². The molecule has 1 heterocycles. The van der Waals surface area contributed by atoms with Gasteiger partial charge in [0.1, 0.15) is 11.5 Å². The number of anilines is 1. The molecule has 1 aromatic heterocycles. The van der Waals surface area contributed by atoms with Crippen LogP contribution in [0, 0.1) is 0 Å². The number of para-hydroxylation sites is 1. The summed E-state index contributed by atoms with van der Waals surface area (Å²) in [4.78, 5) is 16.7. The molecule has 0 atom stereocenters. The molecule has 0 aliphatic heterocycles. The lowest BCUT2D eigenvalue weighted by Gasteiger charge is -2.04. The monoisotopic (exact) mass is 394 g/mol. The maximum Gasteiger partial charge on any atom is 0.250 e. The third kappa shape index (κ3) is 5.20. The highest BCUT2D eigenvalue weighted by Crippen LogP contribution is 2.26. The van der Waals surface area contributed by atoms with E-state index >= 15 is 0 Å².